The van der Waals surface area contributed by atoms with Crippen molar-refractivity contribution in [3.63, 3.8) is 0 Å². The second-order valence-corrected chi connectivity index (χ2v) is 3.55. The van der Waals surface area contributed by atoms with Gasteiger partial charge < -0.3 is 10.2 Å². The highest BCUT2D eigenvalue weighted by atomic mass is 16.3. The van der Waals surface area contributed by atoms with Crippen LogP contribution in [0.2, 0.25) is 0 Å². The SMILES string of the molecule is Oc1cccc2c1nnc1c(O)cccc12. The summed E-state index contributed by atoms with van der Waals surface area (Å²) in [5.41, 5.74) is 0.890. The summed E-state index contributed by atoms with van der Waals surface area (Å²) in [4.78, 5) is 0. The van der Waals surface area contributed by atoms with E-state index in [0.29, 0.717) is 11.0 Å². The van der Waals surface area contributed by atoms with Crippen LogP contribution in [0.15, 0.2) is 36.4 Å². The van der Waals surface area contributed by atoms with E-state index in [4.69, 9.17) is 0 Å². The van der Waals surface area contributed by atoms with E-state index in [1.165, 1.54) is 0 Å². The van der Waals surface area contributed by atoms with Gasteiger partial charge in [-0.1, -0.05) is 24.3 Å². The summed E-state index contributed by atoms with van der Waals surface area (Å²) in [6.45, 7) is 0. The zero-order chi connectivity index (χ0) is 11.1. The van der Waals surface area contributed by atoms with E-state index in [1.807, 2.05) is 12.1 Å². The fraction of sp³-hybridized carbons (Fsp3) is 0. The molecule has 0 aliphatic heterocycles. The van der Waals surface area contributed by atoms with E-state index in [1.54, 1.807) is 24.3 Å². The van der Waals surface area contributed by atoms with Gasteiger partial charge in [0.2, 0.25) is 0 Å². The molecule has 2 aromatic carbocycles. The first-order valence-corrected chi connectivity index (χ1v) is 4.83. The Morgan fingerprint density at radius 1 is 0.688 bits per heavy atom. The molecule has 1 heterocycles. The zero-order valence-corrected chi connectivity index (χ0v) is 8.25. The molecule has 3 aromatic rings. The van der Waals surface area contributed by atoms with Crippen LogP contribution in [-0.2, 0) is 0 Å². The Balaban J connectivity index is 2.60. The maximum atomic E-state index is 9.63. The quantitative estimate of drug-likeness (QED) is 0.560. The van der Waals surface area contributed by atoms with E-state index in [0.717, 1.165) is 10.8 Å². The van der Waals surface area contributed by atoms with Crippen molar-refractivity contribution in [2.24, 2.45) is 0 Å². The fourth-order valence-electron chi connectivity index (χ4n) is 1.81. The lowest BCUT2D eigenvalue weighted by molar-refractivity contribution is 0.477. The Morgan fingerprint density at radius 2 is 1.12 bits per heavy atom. The van der Waals surface area contributed by atoms with Crippen LogP contribution in [-0.4, -0.2) is 20.4 Å². The lowest BCUT2D eigenvalue weighted by Crippen LogP contribution is -1.88. The average Bonchev–Trinajstić information content (AvgIpc) is 2.30. The highest BCUT2D eigenvalue weighted by Gasteiger charge is 2.08. The number of hydrogen-bond acceptors (Lipinski definition) is 4. The van der Waals surface area contributed by atoms with Gasteiger partial charge in [-0.3, -0.25) is 0 Å². The Hall–Kier alpha value is -2.36. The van der Waals surface area contributed by atoms with Crippen molar-refractivity contribution in [2.75, 3.05) is 0 Å². The maximum Gasteiger partial charge on any atom is 0.143 e. The predicted molar refractivity (Wildman–Crippen MR) is 60.4 cm³/mol. The van der Waals surface area contributed by atoms with Crippen LogP contribution in [0.1, 0.15) is 0 Å². The van der Waals surface area contributed by atoms with Crippen LogP contribution < -0.4 is 0 Å². The standard InChI is InChI=1S/C12H8N2O2/c15-9-5-1-3-7-8-4-2-6-10(16)12(8)14-13-11(7)9/h1-6,15-16H. The van der Waals surface area contributed by atoms with Crippen molar-refractivity contribution in [1.82, 2.24) is 10.2 Å². The third-order valence-electron chi connectivity index (χ3n) is 2.57. The van der Waals surface area contributed by atoms with Crippen LogP contribution in [0, 0.1) is 0 Å². The Morgan fingerprint density at radius 3 is 1.56 bits per heavy atom. The zero-order valence-electron chi connectivity index (χ0n) is 8.25. The third kappa shape index (κ3) is 1.10. The highest BCUT2D eigenvalue weighted by Crippen LogP contribution is 2.30. The minimum Gasteiger partial charge on any atom is -0.506 e. The van der Waals surface area contributed by atoms with Gasteiger partial charge in [0.05, 0.1) is 0 Å². The van der Waals surface area contributed by atoms with Crippen molar-refractivity contribution in [1.29, 1.82) is 0 Å². The summed E-state index contributed by atoms with van der Waals surface area (Å²) in [5, 5.41) is 28.6. The van der Waals surface area contributed by atoms with Crippen molar-refractivity contribution >= 4 is 21.8 Å². The number of nitrogens with zero attached hydrogens (tertiary/aromatic N) is 2. The van der Waals surface area contributed by atoms with Crippen LogP contribution in [0.5, 0.6) is 11.5 Å². The number of benzene rings is 2. The molecule has 0 bridgehead atoms. The lowest BCUT2D eigenvalue weighted by Gasteiger charge is -2.04. The molecule has 4 heteroatoms. The molecular formula is C12H8N2O2. The number of phenols is 2. The van der Waals surface area contributed by atoms with Crippen LogP contribution in [0.3, 0.4) is 0 Å². The molecule has 0 amide bonds. The summed E-state index contributed by atoms with van der Waals surface area (Å²) in [6, 6.07) is 10.3. The summed E-state index contributed by atoms with van der Waals surface area (Å²) in [6.07, 6.45) is 0. The molecule has 0 saturated carbocycles. The Bertz CT molecular complexity index is 634. The molecule has 1 aromatic heterocycles. The van der Waals surface area contributed by atoms with Gasteiger partial charge in [0.1, 0.15) is 22.5 Å². The van der Waals surface area contributed by atoms with Crippen LogP contribution in [0.25, 0.3) is 21.8 Å². The minimum absolute atomic E-state index is 0.0928. The summed E-state index contributed by atoms with van der Waals surface area (Å²) in [5.74, 6) is 0.186. The number of rotatable bonds is 0. The van der Waals surface area contributed by atoms with E-state index in [2.05, 4.69) is 10.2 Å². The van der Waals surface area contributed by atoms with Crippen LogP contribution >= 0.6 is 0 Å². The van der Waals surface area contributed by atoms with Gasteiger partial charge in [-0.25, -0.2) is 0 Å². The number of aromatic hydroxyl groups is 2. The number of aromatic nitrogens is 2. The van der Waals surface area contributed by atoms with E-state index < -0.39 is 0 Å². The van der Waals surface area contributed by atoms with Gasteiger partial charge >= 0.3 is 0 Å². The van der Waals surface area contributed by atoms with Crippen LogP contribution in [0.4, 0.5) is 0 Å². The molecule has 78 valence electrons. The first-order valence-electron chi connectivity index (χ1n) is 4.83. The van der Waals surface area contributed by atoms with Crippen molar-refractivity contribution in [3.8, 4) is 11.5 Å². The molecule has 0 saturated heterocycles. The topological polar surface area (TPSA) is 66.2 Å². The van der Waals surface area contributed by atoms with E-state index >= 15 is 0 Å². The van der Waals surface area contributed by atoms with Gasteiger partial charge in [0.25, 0.3) is 0 Å². The molecule has 0 radical (unpaired) electrons. The van der Waals surface area contributed by atoms with Gasteiger partial charge in [0, 0.05) is 10.8 Å². The molecule has 0 fully saturated rings. The first-order chi connectivity index (χ1) is 7.77. The average molecular weight is 212 g/mol. The summed E-state index contributed by atoms with van der Waals surface area (Å²) < 4.78 is 0. The second kappa shape index (κ2) is 3.06. The lowest BCUT2D eigenvalue weighted by atomic mass is 10.1. The fourth-order valence-corrected chi connectivity index (χ4v) is 1.81. The first kappa shape index (κ1) is 8.91. The molecule has 0 atom stereocenters. The van der Waals surface area contributed by atoms with Gasteiger partial charge in [-0.05, 0) is 12.1 Å². The van der Waals surface area contributed by atoms with Gasteiger partial charge in [0.15, 0.2) is 0 Å². The van der Waals surface area contributed by atoms with E-state index in [9.17, 15) is 10.2 Å². The third-order valence-corrected chi connectivity index (χ3v) is 2.57. The molecule has 0 aliphatic carbocycles. The van der Waals surface area contributed by atoms with Crippen molar-refractivity contribution in [2.45, 2.75) is 0 Å². The highest BCUT2D eigenvalue weighted by molar-refractivity contribution is 6.06. The van der Waals surface area contributed by atoms with Gasteiger partial charge in [-0.15, -0.1) is 10.2 Å². The minimum atomic E-state index is 0.0928. The number of fused-ring (bicyclic) bond motifs is 3. The Kier molecular flexibility index (Phi) is 1.71. The number of hydrogen-bond donors (Lipinski definition) is 2. The van der Waals surface area contributed by atoms with E-state index in [-0.39, 0.29) is 11.5 Å². The summed E-state index contributed by atoms with van der Waals surface area (Å²) in [7, 11) is 0. The van der Waals surface area contributed by atoms with Crippen molar-refractivity contribution in [3.05, 3.63) is 36.4 Å². The molecule has 2 N–H and O–H groups in total. The normalized spacial score (nSPS) is 11.0. The smallest absolute Gasteiger partial charge is 0.143 e. The molecule has 16 heavy (non-hydrogen) atoms. The monoisotopic (exact) mass is 212 g/mol. The molecule has 0 aliphatic rings. The van der Waals surface area contributed by atoms with Crippen molar-refractivity contribution < 1.29 is 10.2 Å². The predicted octanol–water partition coefficient (Wildman–Crippen LogP) is 2.19. The Labute approximate surface area is 90.8 Å². The molecule has 4 nitrogen and oxygen atoms in total. The number of phenolic OH excluding ortho intramolecular Hbond substituents is 2. The molecular weight excluding hydrogens is 204 g/mol. The molecule has 3 rings (SSSR count). The molecule has 0 spiro atoms. The second-order valence-electron chi connectivity index (χ2n) is 3.55. The van der Waals surface area contributed by atoms with Gasteiger partial charge in [-0.2, -0.15) is 0 Å². The maximum absolute atomic E-state index is 9.63. The largest absolute Gasteiger partial charge is 0.506 e. The summed E-state index contributed by atoms with van der Waals surface area (Å²) >= 11 is 0. The molecule has 0 unspecified atom stereocenters.